The van der Waals surface area contributed by atoms with E-state index in [9.17, 15) is 9.59 Å². The Morgan fingerprint density at radius 2 is 2.00 bits per heavy atom. The molecule has 162 valence electrons. The van der Waals surface area contributed by atoms with Crippen LogP contribution in [0.2, 0.25) is 0 Å². The van der Waals surface area contributed by atoms with Gasteiger partial charge in [0.2, 0.25) is 23.5 Å². The van der Waals surface area contributed by atoms with Gasteiger partial charge in [-0.25, -0.2) is 4.98 Å². The Balaban J connectivity index is 1.08. The van der Waals surface area contributed by atoms with E-state index in [4.69, 9.17) is 4.52 Å². The molecule has 1 aliphatic heterocycles. The third-order valence-electron chi connectivity index (χ3n) is 5.39. The second kappa shape index (κ2) is 8.85. The van der Waals surface area contributed by atoms with Gasteiger partial charge in [0.05, 0.1) is 18.7 Å². The second-order valence-corrected chi connectivity index (χ2v) is 9.40. The van der Waals surface area contributed by atoms with Gasteiger partial charge in [-0.2, -0.15) is 16.3 Å². The maximum absolute atomic E-state index is 12.7. The predicted octanol–water partition coefficient (Wildman–Crippen LogP) is 2.49. The van der Waals surface area contributed by atoms with Gasteiger partial charge in [0.1, 0.15) is 0 Å². The number of piperazine rings is 1. The van der Waals surface area contributed by atoms with Crippen LogP contribution < -0.4 is 5.32 Å². The van der Waals surface area contributed by atoms with E-state index in [0.29, 0.717) is 42.2 Å². The van der Waals surface area contributed by atoms with E-state index < -0.39 is 0 Å². The number of thiazole rings is 1. The third kappa shape index (κ3) is 5.00. The smallest absolute Gasteiger partial charge is 0.241 e. The molecule has 3 aromatic rings. The molecule has 2 fully saturated rings. The monoisotopic (exact) mass is 458 g/mol. The maximum Gasteiger partial charge on any atom is 0.241 e. The molecule has 0 unspecified atom stereocenters. The Morgan fingerprint density at radius 1 is 1.16 bits per heavy atom. The summed E-state index contributed by atoms with van der Waals surface area (Å²) >= 11 is 2.97. The van der Waals surface area contributed by atoms with Crippen LogP contribution in [0.4, 0.5) is 5.13 Å². The lowest BCUT2D eigenvalue weighted by molar-refractivity contribution is -0.132. The summed E-state index contributed by atoms with van der Waals surface area (Å²) in [5.41, 5.74) is 1.67. The van der Waals surface area contributed by atoms with Crippen molar-refractivity contribution < 1.29 is 14.1 Å². The van der Waals surface area contributed by atoms with Gasteiger partial charge in [0.15, 0.2) is 5.13 Å². The van der Waals surface area contributed by atoms with Gasteiger partial charge in [0, 0.05) is 48.4 Å². The number of nitrogens with zero attached hydrogens (tertiary/aromatic N) is 5. The number of aromatic nitrogens is 3. The average molecular weight is 459 g/mol. The van der Waals surface area contributed by atoms with Gasteiger partial charge in [-0.3, -0.25) is 14.5 Å². The fourth-order valence-electron chi connectivity index (χ4n) is 3.44. The van der Waals surface area contributed by atoms with Crippen molar-refractivity contribution in [1.82, 2.24) is 24.9 Å². The minimum atomic E-state index is 0.0343. The molecule has 0 atom stereocenters. The van der Waals surface area contributed by atoms with Crippen molar-refractivity contribution in [1.29, 1.82) is 0 Å². The molecule has 3 aromatic heterocycles. The second-order valence-electron chi connectivity index (χ2n) is 7.76. The predicted molar refractivity (Wildman–Crippen MR) is 117 cm³/mol. The summed E-state index contributed by atoms with van der Waals surface area (Å²) in [4.78, 5) is 37.4. The highest BCUT2D eigenvalue weighted by Crippen LogP contribution is 2.30. The van der Waals surface area contributed by atoms with E-state index in [0.717, 1.165) is 31.5 Å². The summed E-state index contributed by atoms with van der Waals surface area (Å²) in [5.74, 6) is 1.43. The molecule has 4 heterocycles. The number of thiophene rings is 1. The van der Waals surface area contributed by atoms with Gasteiger partial charge >= 0.3 is 0 Å². The van der Waals surface area contributed by atoms with Crippen LogP contribution in [0.25, 0.3) is 11.4 Å². The third-order valence-corrected chi connectivity index (χ3v) is 6.88. The lowest BCUT2D eigenvalue weighted by Crippen LogP contribution is -2.48. The van der Waals surface area contributed by atoms with Gasteiger partial charge < -0.3 is 14.7 Å². The molecule has 0 spiro atoms. The summed E-state index contributed by atoms with van der Waals surface area (Å²) in [5, 5.41) is 13.3. The molecule has 0 aromatic carbocycles. The van der Waals surface area contributed by atoms with Crippen LogP contribution in [-0.4, -0.2) is 62.9 Å². The zero-order chi connectivity index (χ0) is 21.2. The number of anilines is 1. The van der Waals surface area contributed by atoms with Crippen LogP contribution in [0.15, 0.2) is 26.7 Å². The van der Waals surface area contributed by atoms with E-state index >= 15 is 0 Å². The average Bonchev–Trinajstić information content (AvgIpc) is 3.13. The molecule has 1 saturated carbocycles. The Hall–Kier alpha value is -2.63. The lowest BCUT2D eigenvalue weighted by Gasteiger charge is -2.33. The number of carbonyl (C=O) groups excluding carboxylic acids is 2. The van der Waals surface area contributed by atoms with Gasteiger partial charge in [-0.1, -0.05) is 5.16 Å². The topological polar surface area (TPSA) is 104 Å². The molecule has 1 N–H and O–H groups in total. The van der Waals surface area contributed by atoms with Crippen LogP contribution in [0.1, 0.15) is 24.4 Å². The fourth-order valence-corrected chi connectivity index (χ4v) is 4.79. The number of nitrogens with one attached hydrogen (secondary N) is 1. The van der Waals surface area contributed by atoms with Crippen molar-refractivity contribution in [2.24, 2.45) is 5.92 Å². The highest BCUT2D eigenvalue weighted by molar-refractivity contribution is 7.14. The Labute approximate surface area is 187 Å². The summed E-state index contributed by atoms with van der Waals surface area (Å²) in [6, 6.07) is 1.97. The van der Waals surface area contributed by atoms with Crippen molar-refractivity contribution in [3.63, 3.8) is 0 Å². The minimum Gasteiger partial charge on any atom is -0.340 e. The standard InChI is InChI=1S/C20H22N6O3S2/c27-17(9-15-12-31-20(21-15)23-19(28)13-1-2-13)26-6-4-25(5-7-26)10-16-22-18(24-29-16)14-3-8-30-11-14/h3,8,11-13H,1-2,4-7,9-10H2,(H,21,23,28). The highest BCUT2D eigenvalue weighted by atomic mass is 32.1. The van der Waals surface area contributed by atoms with Gasteiger partial charge in [-0.05, 0) is 24.3 Å². The van der Waals surface area contributed by atoms with E-state index in [2.05, 4.69) is 25.3 Å². The molecule has 9 nitrogen and oxygen atoms in total. The zero-order valence-electron chi connectivity index (χ0n) is 16.8. The number of hydrogen-bond donors (Lipinski definition) is 1. The first-order valence-corrected chi connectivity index (χ1v) is 12.1. The van der Waals surface area contributed by atoms with Gasteiger partial charge in [0.25, 0.3) is 0 Å². The van der Waals surface area contributed by atoms with Crippen molar-refractivity contribution in [2.75, 3.05) is 31.5 Å². The zero-order valence-corrected chi connectivity index (χ0v) is 18.5. The number of carbonyl (C=O) groups is 2. The van der Waals surface area contributed by atoms with Crippen LogP contribution in [0.5, 0.6) is 0 Å². The Morgan fingerprint density at radius 3 is 2.74 bits per heavy atom. The molecular weight excluding hydrogens is 436 g/mol. The first-order valence-electron chi connectivity index (χ1n) is 10.2. The molecule has 1 aliphatic carbocycles. The van der Waals surface area contributed by atoms with Crippen molar-refractivity contribution in [2.45, 2.75) is 25.8 Å². The largest absolute Gasteiger partial charge is 0.340 e. The number of amides is 2. The van der Waals surface area contributed by atoms with E-state index in [-0.39, 0.29) is 24.2 Å². The van der Waals surface area contributed by atoms with E-state index in [1.165, 1.54) is 11.3 Å². The van der Waals surface area contributed by atoms with Crippen molar-refractivity contribution >= 4 is 39.6 Å². The molecule has 11 heteroatoms. The molecule has 5 rings (SSSR count). The Bertz CT molecular complexity index is 1050. The maximum atomic E-state index is 12.7. The molecule has 2 aliphatic rings. The molecule has 0 radical (unpaired) electrons. The van der Waals surface area contributed by atoms with Crippen LogP contribution >= 0.6 is 22.7 Å². The summed E-state index contributed by atoms with van der Waals surface area (Å²) in [6.07, 6.45) is 2.16. The first kappa shape index (κ1) is 20.3. The molecule has 31 heavy (non-hydrogen) atoms. The quantitative estimate of drug-likeness (QED) is 0.580. The highest BCUT2D eigenvalue weighted by Gasteiger charge is 2.30. The number of rotatable bonds is 7. The summed E-state index contributed by atoms with van der Waals surface area (Å²) < 4.78 is 5.38. The van der Waals surface area contributed by atoms with E-state index in [1.54, 1.807) is 11.3 Å². The normalized spacial score (nSPS) is 17.1. The van der Waals surface area contributed by atoms with Crippen LogP contribution in [0.3, 0.4) is 0 Å². The first-order chi connectivity index (χ1) is 15.1. The van der Waals surface area contributed by atoms with E-state index in [1.807, 2.05) is 27.1 Å². The summed E-state index contributed by atoms with van der Waals surface area (Å²) in [6.45, 7) is 3.39. The van der Waals surface area contributed by atoms with Crippen LogP contribution in [0, 0.1) is 5.92 Å². The summed E-state index contributed by atoms with van der Waals surface area (Å²) in [7, 11) is 0. The SMILES string of the molecule is O=C(Nc1nc(CC(=O)N2CCN(Cc3nc(-c4ccsc4)no3)CC2)cs1)C1CC1. The Kier molecular flexibility index (Phi) is 5.79. The molecular formula is C20H22N6O3S2. The molecule has 1 saturated heterocycles. The van der Waals surface area contributed by atoms with Crippen molar-refractivity contribution in [3.8, 4) is 11.4 Å². The van der Waals surface area contributed by atoms with Crippen LogP contribution in [-0.2, 0) is 22.6 Å². The molecule has 0 bridgehead atoms. The van der Waals surface area contributed by atoms with Crippen molar-refractivity contribution in [3.05, 3.63) is 33.8 Å². The van der Waals surface area contributed by atoms with Gasteiger partial charge in [-0.15, -0.1) is 11.3 Å². The minimum absolute atomic E-state index is 0.0343. The fraction of sp³-hybridized carbons (Fsp3) is 0.450. The number of hydrogen-bond acceptors (Lipinski definition) is 9. The lowest BCUT2D eigenvalue weighted by atomic mass is 10.2. The molecule has 2 amide bonds.